The molecule has 12 rings (SSSR count). The Morgan fingerprint density at radius 3 is 1.96 bits per heavy atom. The van der Waals surface area contributed by atoms with Crippen LogP contribution in [0.2, 0.25) is 0 Å². The van der Waals surface area contributed by atoms with Crippen LogP contribution in [0, 0.1) is 23.7 Å². The van der Waals surface area contributed by atoms with Crippen LogP contribution in [-0.2, 0) is 5.41 Å². The van der Waals surface area contributed by atoms with Crippen molar-refractivity contribution in [3.05, 3.63) is 151 Å². The molecule has 0 N–H and O–H groups in total. The van der Waals surface area contributed by atoms with Gasteiger partial charge in [-0.05, 0) is 120 Å². The van der Waals surface area contributed by atoms with E-state index < -0.39 is 0 Å². The van der Waals surface area contributed by atoms with Crippen molar-refractivity contribution in [2.45, 2.75) is 37.5 Å². The van der Waals surface area contributed by atoms with E-state index in [9.17, 15) is 0 Å². The van der Waals surface area contributed by atoms with Gasteiger partial charge < -0.3 is 9.32 Å². The first kappa shape index (κ1) is 26.9. The maximum atomic E-state index is 6.47. The average Bonchev–Trinajstić information content (AvgIpc) is 3.65. The number of furan rings is 1. The van der Waals surface area contributed by atoms with Gasteiger partial charge in [0, 0.05) is 39.2 Å². The highest BCUT2D eigenvalue weighted by atomic mass is 16.3. The molecule has 0 aliphatic heterocycles. The fourth-order valence-corrected chi connectivity index (χ4v) is 11.1. The van der Waals surface area contributed by atoms with Crippen LogP contribution in [0.25, 0.3) is 44.2 Å². The van der Waals surface area contributed by atoms with Gasteiger partial charge in [-0.1, -0.05) is 97.1 Å². The highest BCUT2D eigenvalue weighted by Crippen LogP contribution is 2.70. The molecule has 4 bridgehead atoms. The predicted octanol–water partition coefficient (Wildman–Crippen LogP) is 12.4. The molecule has 4 fully saturated rings. The van der Waals surface area contributed by atoms with Gasteiger partial charge in [-0.15, -0.1) is 0 Å². The zero-order chi connectivity index (χ0) is 31.4. The molecule has 0 saturated heterocycles. The van der Waals surface area contributed by atoms with E-state index in [2.05, 4.69) is 144 Å². The SMILES string of the molecule is c1ccc(-c2ccc(N(c3ccc4c(c3)oc3ccccc34)c3cccc4c3-c3ccccc3C43C4CC5CC(C4)CC3C5)cc2)cc1. The molecule has 48 heavy (non-hydrogen) atoms. The lowest BCUT2D eigenvalue weighted by molar-refractivity contribution is -0.0399. The lowest BCUT2D eigenvalue weighted by Crippen LogP contribution is -2.55. The Morgan fingerprint density at radius 1 is 0.500 bits per heavy atom. The van der Waals surface area contributed by atoms with E-state index in [0.29, 0.717) is 0 Å². The first-order valence-electron chi connectivity index (χ1n) is 17.9. The van der Waals surface area contributed by atoms with Crippen molar-refractivity contribution in [1.29, 1.82) is 0 Å². The smallest absolute Gasteiger partial charge is 0.137 e. The maximum Gasteiger partial charge on any atom is 0.137 e. The second-order valence-electron chi connectivity index (χ2n) is 14.9. The zero-order valence-corrected chi connectivity index (χ0v) is 27.0. The number of rotatable bonds is 4. The Kier molecular flexibility index (Phi) is 5.59. The van der Waals surface area contributed by atoms with Gasteiger partial charge in [0.15, 0.2) is 0 Å². The molecular formula is C46H37NO. The Bertz CT molecular complexity index is 2340. The van der Waals surface area contributed by atoms with Gasteiger partial charge in [0.2, 0.25) is 0 Å². The van der Waals surface area contributed by atoms with E-state index in [-0.39, 0.29) is 5.41 Å². The Morgan fingerprint density at radius 2 is 1.15 bits per heavy atom. The summed E-state index contributed by atoms with van der Waals surface area (Å²) in [5.74, 6) is 3.31. The van der Waals surface area contributed by atoms with Crippen LogP contribution in [0.3, 0.4) is 0 Å². The number of hydrogen-bond donors (Lipinski definition) is 0. The van der Waals surface area contributed by atoms with E-state index in [1.165, 1.54) is 60.0 Å². The molecule has 7 aromatic rings. The van der Waals surface area contributed by atoms with Crippen LogP contribution in [0.4, 0.5) is 17.1 Å². The summed E-state index contributed by atoms with van der Waals surface area (Å²) in [6, 6.07) is 51.6. The Labute approximate surface area is 281 Å². The lowest BCUT2D eigenvalue weighted by Gasteiger charge is -2.61. The van der Waals surface area contributed by atoms with E-state index in [1.54, 1.807) is 11.1 Å². The molecule has 1 heterocycles. The molecule has 6 aromatic carbocycles. The second kappa shape index (κ2) is 9.97. The van der Waals surface area contributed by atoms with E-state index in [1.807, 2.05) is 0 Å². The van der Waals surface area contributed by atoms with E-state index in [4.69, 9.17) is 4.42 Å². The average molecular weight is 620 g/mol. The van der Waals surface area contributed by atoms with Crippen LogP contribution in [-0.4, -0.2) is 0 Å². The van der Waals surface area contributed by atoms with Crippen molar-refractivity contribution in [3.8, 4) is 22.3 Å². The number of para-hydroxylation sites is 1. The minimum atomic E-state index is 0.126. The summed E-state index contributed by atoms with van der Waals surface area (Å²) in [7, 11) is 0. The van der Waals surface area contributed by atoms with Crippen LogP contribution in [0.15, 0.2) is 144 Å². The van der Waals surface area contributed by atoms with Gasteiger partial charge in [-0.25, -0.2) is 0 Å². The van der Waals surface area contributed by atoms with Crippen LogP contribution >= 0.6 is 0 Å². The van der Waals surface area contributed by atoms with Crippen LogP contribution in [0.5, 0.6) is 0 Å². The summed E-state index contributed by atoms with van der Waals surface area (Å²) in [4.78, 5) is 2.49. The molecule has 0 atom stereocenters. The molecule has 232 valence electrons. The maximum absolute atomic E-state index is 6.47. The van der Waals surface area contributed by atoms with Crippen molar-refractivity contribution in [2.75, 3.05) is 4.90 Å². The Hall–Kier alpha value is -5.08. The third kappa shape index (κ3) is 3.64. The molecule has 1 aromatic heterocycles. The molecule has 0 amide bonds. The Balaban J connectivity index is 1.14. The number of anilines is 3. The third-order valence-electron chi connectivity index (χ3n) is 12.7. The third-order valence-corrected chi connectivity index (χ3v) is 12.7. The molecule has 1 spiro atoms. The van der Waals surface area contributed by atoms with E-state index >= 15 is 0 Å². The predicted molar refractivity (Wildman–Crippen MR) is 197 cm³/mol. The second-order valence-corrected chi connectivity index (χ2v) is 14.9. The minimum Gasteiger partial charge on any atom is -0.456 e. The fraction of sp³-hybridized carbons (Fsp3) is 0.217. The number of benzene rings is 6. The van der Waals surface area contributed by atoms with Crippen molar-refractivity contribution < 1.29 is 4.42 Å². The largest absolute Gasteiger partial charge is 0.456 e. The zero-order valence-electron chi connectivity index (χ0n) is 27.0. The number of nitrogens with zero attached hydrogens (tertiary/aromatic N) is 1. The van der Waals surface area contributed by atoms with Gasteiger partial charge >= 0.3 is 0 Å². The highest BCUT2D eigenvalue weighted by Gasteiger charge is 2.61. The van der Waals surface area contributed by atoms with Crippen LogP contribution < -0.4 is 4.90 Å². The monoisotopic (exact) mass is 619 g/mol. The summed E-state index contributed by atoms with van der Waals surface area (Å²) in [6.45, 7) is 0. The van der Waals surface area contributed by atoms with Crippen molar-refractivity contribution in [3.63, 3.8) is 0 Å². The standard InChI is InChI=1S/C46H37NO/c1-2-9-31(10-3-1)32-17-19-35(20-18-32)47(36-21-22-38-37-11-5-7-16-43(37)48-44(38)28-36)42-15-8-14-41-45(42)39-12-4-6-13-40(39)46(41)33-24-29-23-30(26-33)27-34(46)25-29/h1-22,28-30,33-34H,23-27H2. The van der Waals surface area contributed by atoms with Gasteiger partial charge in [-0.2, -0.15) is 0 Å². The summed E-state index contributed by atoms with van der Waals surface area (Å²) >= 11 is 0. The topological polar surface area (TPSA) is 16.4 Å². The number of hydrogen-bond acceptors (Lipinski definition) is 2. The molecule has 5 aliphatic rings. The normalized spacial score (nSPS) is 24.8. The quantitative estimate of drug-likeness (QED) is 0.195. The van der Waals surface area contributed by atoms with Crippen LogP contribution in [0.1, 0.15) is 43.2 Å². The molecule has 0 unspecified atom stereocenters. The van der Waals surface area contributed by atoms with Gasteiger partial charge in [0.1, 0.15) is 11.2 Å². The summed E-state index contributed by atoms with van der Waals surface area (Å²) in [5.41, 5.74) is 14.0. The summed E-state index contributed by atoms with van der Waals surface area (Å²) < 4.78 is 6.47. The molecule has 2 heteroatoms. The molecule has 5 aliphatic carbocycles. The number of fused-ring (bicyclic) bond motifs is 6. The van der Waals surface area contributed by atoms with Crippen molar-refractivity contribution in [2.24, 2.45) is 23.7 Å². The molecule has 0 radical (unpaired) electrons. The lowest BCUT2D eigenvalue weighted by atomic mass is 9.43. The van der Waals surface area contributed by atoms with Gasteiger partial charge in [-0.3, -0.25) is 0 Å². The van der Waals surface area contributed by atoms with Crippen molar-refractivity contribution >= 4 is 39.0 Å². The van der Waals surface area contributed by atoms with Crippen molar-refractivity contribution in [1.82, 2.24) is 0 Å². The molecular weight excluding hydrogens is 583 g/mol. The highest BCUT2D eigenvalue weighted by molar-refractivity contribution is 6.06. The molecule has 2 nitrogen and oxygen atoms in total. The van der Waals surface area contributed by atoms with Gasteiger partial charge in [0.05, 0.1) is 5.69 Å². The first-order valence-corrected chi connectivity index (χ1v) is 17.9. The first-order chi connectivity index (χ1) is 23.8. The summed E-state index contributed by atoms with van der Waals surface area (Å²) in [5, 5.41) is 2.32. The molecule has 4 saturated carbocycles. The van der Waals surface area contributed by atoms with Gasteiger partial charge in [0.25, 0.3) is 0 Å². The summed E-state index contributed by atoms with van der Waals surface area (Å²) in [6.07, 6.45) is 7.02. The van der Waals surface area contributed by atoms with E-state index in [0.717, 1.165) is 57.0 Å². The fourth-order valence-electron chi connectivity index (χ4n) is 11.1. The minimum absolute atomic E-state index is 0.126.